The van der Waals surface area contributed by atoms with Gasteiger partial charge in [-0.15, -0.1) is 0 Å². The van der Waals surface area contributed by atoms with Crippen molar-refractivity contribution in [1.82, 2.24) is 14.9 Å². The van der Waals surface area contributed by atoms with Gasteiger partial charge in [0.2, 0.25) is 12.4 Å². The fourth-order valence-corrected chi connectivity index (χ4v) is 3.89. The van der Waals surface area contributed by atoms with E-state index >= 15 is 0 Å². The number of aryl methyl sites for hydroxylation is 1. The number of nitrogens with one attached hydrogen (secondary N) is 1. The number of fused-ring (bicyclic) bond motifs is 1. The fraction of sp³-hybridized carbons (Fsp3) is 0.467. The summed E-state index contributed by atoms with van der Waals surface area (Å²) in [5.74, 6) is 0.914. The molecule has 23 heavy (non-hydrogen) atoms. The van der Waals surface area contributed by atoms with E-state index < -0.39 is 0 Å². The molecule has 1 aromatic heterocycles. The van der Waals surface area contributed by atoms with Crippen LogP contribution in [0.2, 0.25) is 0 Å². The molecule has 1 fully saturated rings. The highest BCUT2D eigenvalue weighted by molar-refractivity contribution is 9.13. The Morgan fingerprint density at radius 3 is 3.00 bits per heavy atom. The number of carbonyl (C=O) groups is 1. The highest BCUT2D eigenvalue weighted by Crippen LogP contribution is 2.37. The van der Waals surface area contributed by atoms with Crippen LogP contribution in [0.5, 0.6) is 0 Å². The number of imidazole rings is 1. The number of hydrogen-bond acceptors (Lipinski definition) is 4. The number of carbonyl (C=O) groups excluding carboxylic acids is 1. The van der Waals surface area contributed by atoms with Crippen LogP contribution < -0.4 is 16.0 Å². The van der Waals surface area contributed by atoms with Gasteiger partial charge in [0, 0.05) is 30.1 Å². The average molecular weight is 445 g/mol. The molecular formula is C15H19Br2N5O. The minimum absolute atomic E-state index is 0.169. The maximum absolute atomic E-state index is 10.7. The summed E-state index contributed by atoms with van der Waals surface area (Å²) in [5, 5.41) is 2.89. The Bertz CT molecular complexity index is 745. The van der Waals surface area contributed by atoms with Crippen molar-refractivity contribution in [3.63, 3.8) is 0 Å². The smallest absolute Gasteiger partial charge is 0.207 e. The number of amides is 1. The van der Waals surface area contributed by atoms with Crippen LogP contribution in [0.15, 0.2) is 15.0 Å². The second-order valence-electron chi connectivity index (χ2n) is 5.68. The monoisotopic (exact) mass is 443 g/mol. The fourth-order valence-electron chi connectivity index (χ4n) is 3.16. The first-order chi connectivity index (χ1) is 11.1. The van der Waals surface area contributed by atoms with Gasteiger partial charge < -0.3 is 20.5 Å². The summed E-state index contributed by atoms with van der Waals surface area (Å²) in [5.41, 5.74) is 8.69. The van der Waals surface area contributed by atoms with E-state index in [2.05, 4.69) is 53.6 Å². The summed E-state index contributed by atoms with van der Waals surface area (Å²) in [6.07, 6.45) is 2.81. The van der Waals surface area contributed by atoms with Gasteiger partial charge in [-0.2, -0.15) is 0 Å². The number of benzene rings is 1. The minimum atomic E-state index is 0.169. The molecule has 3 N–H and O–H groups in total. The molecule has 0 spiro atoms. The van der Waals surface area contributed by atoms with Gasteiger partial charge in [0.1, 0.15) is 5.52 Å². The lowest BCUT2D eigenvalue weighted by Gasteiger charge is -2.33. The van der Waals surface area contributed by atoms with Crippen LogP contribution in [0, 0.1) is 0 Å². The van der Waals surface area contributed by atoms with Crippen LogP contribution in [0.1, 0.15) is 19.8 Å². The Hall–Kier alpha value is -1.28. The molecule has 8 heteroatoms. The standard InChI is InChI=1S/C15H19Br2N5O/c1-2-22-11-6-10(16)12(17)13(18)14(11)20-15(22)21-5-3-4-9(7-21)19-8-23/h6,8-9H,2-5,7,18H2,1H3,(H,19,23). The average Bonchev–Trinajstić information content (AvgIpc) is 2.92. The second-order valence-corrected chi connectivity index (χ2v) is 7.33. The van der Waals surface area contributed by atoms with Gasteiger partial charge in [-0.25, -0.2) is 4.98 Å². The van der Waals surface area contributed by atoms with Gasteiger partial charge in [-0.3, -0.25) is 4.79 Å². The van der Waals surface area contributed by atoms with E-state index in [1.807, 2.05) is 6.07 Å². The van der Waals surface area contributed by atoms with Crippen molar-refractivity contribution in [3.05, 3.63) is 15.0 Å². The highest BCUT2D eigenvalue weighted by Gasteiger charge is 2.25. The molecule has 1 unspecified atom stereocenters. The number of hydrogen-bond donors (Lipinski definition) is 2. The lowest BCUT2D eigenvalue weighted by molar-refractivity contribution is -0.110. The van der Waals surface area contributed by atoms with Gasteiger partial charge in [-0.1, -0.05) is 0 Å². The first-order valence-electron chi connectivity index (χ1n) is 7.65. The topological polar surface area (TPSA) is 76.2 Å². The van der Waals surface area contributed by atoms with E-state index in [0.29, 0.717) is 5.69 Å². The number of piperidine rings is 1. The number of aromatic nitrogens is 2. The van der Waals surface area contributed by atoms with Crippen molar-refractivity contribution in [3.8, 4) is 0 Å². The first-order valence-corrected chi connectivity index (χ1v) is 9.23. The van der Waals surface area contributed by atoms with Gasteiger partial charge in [0.15, 0.2) is 0 Å². The third-order valence-corrected chi connectivity index (χ3v) is 6.29. The molecule has 0 aliphatic carbocycles. The molecular weight excluding hydrogens is 426 g/mol. The van der Waals surface area contributed by atoms with E-state index in [9.17, 15) is 4.79 Å². The summed E-state index contributed by atoms with van der Waals surface area (Å²) in [4.78, 5) is 17.8. The molecule has 1 aliphatic heterocycles. The first kappa shape index (κ1) is 16.6. The van der Waals surface area contributed by atoms with E-state index in [0.717, 1.165) is 64.8 Å². The molecule has 0 saturated carbocycles. The molecule has 2 heterocycles. The quantitative estimate of drug-likeness (QED) is 0.561. The Labute approximate surface area is 151 Å². The van der Waals surface area contributed by atoms with Crippen molar-refractivity contribution in [1.29, 1.82) is 0 Å². The number of anilines is 2. The third kappa shape index (κ3) is 2.94. The highest BCUT2D eigenvalue weighted by atomic mass is 79.9. The maximum Gasteiger partial charge on any atom is 0.207 e. The molecule has 0 bridgehead atoms. The molecule has 1 atom stereocenters. The van der Waals surface area contributed by atoms with Crippen molar-refractivity contribution in [2.75, 3.05) is 23.7 Å². The van der Waals surface area contributed by atoms with Crippen LogP contribution in [-0.2, 0) is 11.3 Å². The molecule has 0 radical (unpaired) electrons. The Balaban J connectivity index is 2.07. The minimum Gasteiger partial charge on any atom is -0.396 e. The largest absolute Gasteiger partial charge is 0.396 e. The van der Waals surface area contributed by atoms with Crippen LogP contribution >= 0.6 is 31.9 Å². The lowest BCUT2D eigenvalue weighted by Crippen LogP contribution is -2.46. The Kier molecular flexibility index (Phi) is 4.82. The number of halogens is 2. The molecule has 1 aliphatic rings. The van der Waals surface area contributed by atoms with Crippen molar-refractivity contribution >= 4 is 60.9 Å². The summed E-state index contributed by atoms with van der Waals surface area (Å²) < 4.78 is 3.92. The Morgan fingerprint density at radius 1 is 1.52 bits per heavy atom. The summed E-state index contributed by atoms with van der Waals surface area (Å²) in [7, 11) is 0. The van der Waals surface area contributed by atoms with E-state index in [4.69, 9.17) is 10.7 Å². The van der Waals surface area contributed by atoms with E-state index in [1.54, 1.807) is 0 Å². The molecule has 6 nitrogen and oxygen atoms in total. The molecule has 124 valence electrons. The molecule has 2 aromatic rings. The number of nitrogens with zero attached hydrogens (tertiary/aromatic N) is 3. The van der Waals surface area contributed by atoms with Gasteiger partial charge in [-0.05, 0) is 57.7 Å². The van der Waals surface area contributed by atoms with Crippen molar-refractivity contribution in [2.45, 2.75) is 32.4 Å². The van der Waals surface area contributed by atoms with Gasteiger partial charge in [0.05, 0.1) is 15.7 Å². The predicted octanol–water partition coefficient (Wildman–Crippen LogP) is 2.88. The van der Waals surface area contributed by atoms with E-state index in [-0.39, 0.29) is 6.04 Å². The second kappa shape index (κ2) is 6.68. The van der Waals surface area contributed by atoms with E-state index in [1.165, 1.54) is 0 Å². The zero-order chi connectivity index (χ0) is 16.6. The number of nitrogen functional groups attached to an aromatic ring is 1. The molecule has 1 saturated heterocycles. The van der Waals surface area contributed by atoms with Gasteiger partial charge in [0.25, 0.3) is 0 Å². The SMILES string of the molecule is CCn1c(N2CCCC(NC=O)C2)nc2c(N)c(Br)c(Br)cc21. The van der Waals surface area contributed by atoms with Gasteiger partial charge >= 0.3 is 0 Å². The molecule has 3 rings (SSSR count). The van der Waals surface area contributed by atoms with Crippen LogP contribution in [0.3, 0.4) is 0 Å². The summed E-state index contributed by atoms with van der Waals surface area (Å²) >= 11 is 7.03. The maximum atomic E-state index is 10.7. The molecule has 1 amide bonds. The number of rotatable bonds is 4. The van der Waals surface area contributed by atoms with Crippen LogP contribution in [-0.4, -0.2) is 35.1 Å². The van der Waals surface area contributed by atoms with Crippen LogP contribution in [0.4, 0.5) is 11.6 Å². The third-order valence-electron chi connectivity index (χ3n) is 4.28. The lowest BCUT2D eigenvalue weighted by atomic mass is 10.1. The summed E-state index contributed by atoms with van der Waals surface area (Å²) in [6, 6.07) is 2.21. The zero-order valence-corrected chi connectivity index (χ0v) is 16.0. The Morgan fingerprint density at radius 2 is 2.30 bits per heavy atom. The zero-order valence-electron chi connectivity index (χ0n) is 12.9. The van der Waals surface area contributed by atoms with Crippen molar-refractivity contribution in [2.24, 2.45) is 0 Å². The van der Waals surface area contributed by atoms with Crippen molar-refractivity contribution < 1.29 is 4.79 Å². The number of nitrogens with two attached hydrogens (primary N) is 1. The normalized spacial score (nSPS) is 18.4. The predicted molar refractivity (Wildman–Crippen MR) is 99.7 cm³/mol. The van der Waals surface area contributed by atoms with Crippen LogP contribution in [0.25, 0.3) is 11.0 Å². The summed E-state index contributed by atoms with van der Waals surface area (Å²) in [6.45, 7) is 4.61. The molecule has 1 aromatic carbocycles.